The molecule has 2 aliphatic carbocycles. The van der Waals surface area contributed by atoms with Crippen molar-refractivity contribution in [1.29, 1.82) is 0 Å². The molecule has 0 amide bonds. The van der Waals surface area contributed by atoms with Crippen LogP contribution in [0.2, 0.25) is 0 Å². The average molecular weight is 795 g/mol. The second-order valence-electron chi connectivity index (χ2n) is 15.8. The Morgan fingerprint density at radius 1 is 0.948 bits per heavy atom. The van der Waals surface area contributed by atoms with Crippen molar-refractivity contribution in [1.82, 2.24) is 5.32 Å². The number of anilines is 1. The van der Waals surface area contributed by atoms with Crippen molar-refractivity contribution in [2.24, 2.45) is 11.8 Å². The lowest BCUT2D eigenvalue weighted by atomic mass is 9.56. The molecule has 0 spiro atoms. The second-order valence-corrected chi connectivity index (χ2v) is 15.8. The smallest absolute Gasteiger partial charge is 0.200 e. The Labute approximate surface area is 339 Å². The van der Waals surface area contributed by atoms with E-state index in [4.69, 9.17) is 23.7 Å². The van der Waals surface area contributed by atoms with Crippen LogP contribution in [0.4, 0.5) is 5.69 Å². The molecule has 6 N–H and O–H groups in total. The van der Waals surface area contributed by atoms with E-state index in [1.807, 2.05) is 37.3 Å². The van der Waals surface area contributed by atoms with Gasteiger partial charge in [0.15, 0.2) is 17.7 Å². The second kappa shape index (κ2) is 16.7. The van der Waals surface area contributed by atoms with E-state index in [0.29, 0.717) is 58.9 Å². The zero-order chi connectivity index (χ0) is 40.6. The van der Waals surface area contributed by atoms with Gasteiger partial charge in [0, 0.05) is 63.7 Å². The third-order valence-electron chi connectivity index (χ3n) is 13.1. The fourth-order valence-corrected chi connectivity index (χ4v) is 10.3. The summed E-state index contributed by atoms with van der Waals surface area (Å²) in [6.07, 6.45) is 4.17. The van der Waals surface area contributed by atoms with Crippen molar-refractivity contribution >= 4 is 12.0 Å². The fourth-order valence-electron chi connectivity index (χ4n) is 10.3. The zero-order valence-corrected chi connectivity index (χ0v) is 33.4. The molecule has 0 bridgehead atoms. The van der Waals surface area contributed by atoms with E-state index < -0.39 is 23.7 Å². The quantitative estimate of drug-likeness (QED) is 0.0443. The molecule has 0 aromatic heterocycles. The molecule has 2 aliphatic heterocycles. The minimum atomic E-state index is -1.04. The number of fused-ring (bicyclic) bond motifs is 2. The number of nitrogens with one attached hydrogen (secondary N) is 2. The first-order valence-corrected chi connectivity index (χ1v) is 20.5. The van der Waals surface area contributed by atoms with E-state index in [0.717, 1.165) is 66.3 Å². The summed E-state index contributed by atoms with van der Waals surface area (Å²) in [6.45, 7) is 3.00. The van der Waals surface area contributed by atoms with Gasteiger partial charge in [-0.25, -0.2) is 0 Å². The minimum Gasteiger partial charge on any atom is -0.502 e. The van der Waals surface area contributed by atoms with E-state index in [-0.39, 0.29) is 55.6 Å². The highest BCUT2D eigenvalue weighted by molar-refractivity contribution is 5.93. The minimum absolute atomic E-state index is 0.0255. The molecule has 4 aromatic rings. The number of aldehydes is 1. The normalized spacial score (nSPS) is 23.3. The highest BCUT2D eigenvalue weighted by atomic mass is 16.5. The molecular weight excluding hydrogens is 741 g/mol. The van der Waals surface area contributed by atoms with Crippen molar-refractivity contribution in [3.05, 3.63) is 88.0 Å². The van der Waals surface area contributed by atoms with Crippen molar-refractivity contribution < 1.29 is 48.9 Å². The Kier molecular flexibility index (Phi) is 11.5. The summed E-state index contributed by atoms with van der Waals surface area (Å²) in [4.78, 5) is 12.0. The third-order valence-corrected chi connectivity index (χ3v) is 13.1. The van der Waals surface area contributed by atoms with Gasteiger partial charge in [-0.2, -0.15) is 0 Å². The Morgan fingerprint density at radius 3 is 2.47 bits per heavy atom. The van der Waals surface area contributed by atoms with Crippen molar-refractivity contribution in [3.63, 3.8) is 0 Å². The number of hydrogen-bond acceptors (Lipinski definition) is 12. The SMILES string of the molecule is CCNCOc1cc(OC)c2c3c1[C@@H](O)Nc1cc4c(c(c1-3)CC2)[C@@H](O)[C@H](c1cc(OC)c(O)c(OC[C@H](CO)[C@@]2(c3ccccc3)CCCC[C@@H]2CC=O)c1)CO4. The topological polar surface area (TPSA) is 168 Å². The molecule has 6 atom stereocenters. The monoisotopic (exact) mass is 794 g/mol. The summed E-state index contributed by atoms with van der Waals surface area (Å²) in [5.74, 6) is 0.959. The van der Waals surface area contributed by atoms with Crippen molar-refractivity contribution in [2.75, 3.05) is 52.6 Å². The molecule has 58 heavy (non-hydrogen) atoms. The summed E-state index contributed by atoms with van der Waals surface area (Å²) in [5.41, 5.74) is 6.81. The molecule has 8 rings (SSSR count). The molecule has 4 aliphatic rings. The van der Waals surface area contributed by atoms with E-state index in [2.05, 4.69) is 22.8 Å². The standard InChI is InChI=1S/C46H54N2O10/c1-4-47-25-58-36-21-34(54-2)30-13-14-31-39-33(48-45(53)42(36)41(30)39)20-35-40(31)43(51)32(24-57-35)26-18-37(55-3)44(52)38(19-26)56-23-29(22-50)46(27-10-6-5-7-11-27)16-9-8-12-28(46)15-17-49/h5-7,10-11,17-21,28-29,32,43,45,47-48,50-53H,4,8-9,12-16,22-25H2,1-3H3/t28-,29+,32+,43+,45-,46-/m1/s1. The third kappa shape index (κ3) is 6.69. The van der Waals surface area contributed by atoms with E-state index >= 15 is 0 Å². The van der Waals surface area contributed by atoms with Crippen LogP contribution >= 0.6 is 0 Å². The number of hydrogen-bond donors (Lipinski definition) is 6. The van der Waals surface area contributed by atoms with Crippen LogP contribution in [0.5, 0.6) is 34.5 Å². The molecule has 0 radical (unpaired) electrons. The number of benzene rings is 4. The van der Waals surface area contributed by atoms with Gasteiger partial charge in [-0.3, -0.25) is 5.32 Å². The van der Waals surface area contributed by atoms with Crippen LogP contribution in [0, 0.1) is 11.8 Å². The van der Waals surface area contributed by atoms with Crippen molar-refractivity contribution in [2.45, 2.75) is 75.5 Å². The first-order valence-electron chi connectivity index (χ1n) is 20.5. The molecule has 12 nitrogen and oxygen atoms in total. The van der Waals surface area contributed by atoms with Crippen LogP contribution < -0.4 is 34.3 Å². The molecule has 2 heterocycles. The van der Waals surface area contributed by atoms with Gasteiger partial charge in [0.2, 0.25) is 5.75 Å². The first kappa shape index (κ1) is 39.8. The summed E-state index contributed by atoms with van der Waals surface area (Å²) in [5, 5.41) is 52.7. The maximum absolute atomic E-state index is 12.4. The summed E-state index contributed by atoms with van der Waals surface area (Å²) in [6, 6.07) is 17.2. The number of rotatable bonds is 15. The number of aromatic hydroxyl groups is 1. The number of aliphatic hydroxyl groups is 3. The number of carbonyl (C=O) groups excluding carboxylic acids is 1. The Morgan fingerprint density at radius 2 is 1.72 bits per heavy atom. The van der Waals surface area contributed by atoms with Gasteiger partial charge in [0.25, 0.3) is 0 Å². The zero-order valence-electron chi connectivity index (χ0n) is 33.4. The predicted octanol–water partition coefficient (Wildman–Crippen LogP) is 6.45. The van der Waals surface area contributed by atoms with Crippen LogP contribution in [-0.4, -0.2) is 74.0 Å². The van der Waals surface area contributed by atoms with Gasteiger partial charge in [0.05, 0.1) is 45.7 Å². The molecule has 0 unspecified atom stereocenters. The summed E-state index contributed by atoms with van der Waals surface area (Å²) in [7, 11) is 3.10. The van der Waals surface area contributed by atoms with Gasteiger partial charge < -0.3 is 54.2 Å². The summed E-state index contributed by atoms with van der Waals surface area (Å²) < 4.78 is 30.5. The summed E-state index contributed by atoms with van der Waals surface area (Å²) >= 11 is 0. The van der Waals surface area contributed by atoms with E-state index in [1.165, 1.54) is 7.11 Å². The molecule has 12 heteroatoms. The number of aliphatic hydroxyl groups excluding tert-OH is 3. The highest BCUT2D eigenvalue weighted by Gasteiger charge is 2.48. The number of phenols is 1. The maximum Gasteiger partial charge on any atom is 0.200 e. The van der Waals surface area contributed by atoms with Crippen LogP contribution in [0.3, 0.4) is 0 Å². The Bertz CT molecular complexity index is 2140. The van der Waals surface area contributed by atoms with E-state index in [1.54, 1.807) is 19.2 Å². The lowest BCUT2D eigenvalue weighted by Crippen LogP contribution is -2.48. The van der Waals surface area contributed by atoms with Crippen LogP contribution in [0.15, 0.2) is 54.6 Å². The van der Waals surface area contributed by atoms with Gasteiger partial charge in [-0.05, 0) is 67.0 Å². The number of carbonyl (C=O) groups is 1. The average Bonchev–Trinajstić information content (AvgIpc) is 3.24. The van der Waals surface area contributed by atoms with Gasteiger partial charge in [-0.15, -0.1) is 0 Å². The van der Waals surface area contributed by atoms with Crippen molar-refractivity contribution in [3.8, 4) is 45.6 Å². The lowest BCUT2D eigenvalue weighted by molar-refractivity contribution is -0.110. The fraction of sp³-hybridized carbons (Fsp3) is 0.457. The predicted molar refractivity (Wildman–Crippen MR) is 218 cm³/mol. The number of phenolic OH excluding ortho intramolecular Hbond substituents is 1. The molecular formula is C46H54N2O10. The first-order chi connectivity index (χ1) is 28.3. The van der Waals surface area contributed by atoms with Crippen LogP contribution in [-0.2, 0) is 23.1 Å². The molecule has 1 fully saturated rings. The van der Waals surface area contributed by atoms with Gasteiger partial charge in [0.1, 0.15) is 30.3 Å². The molecule has 1 saturated carbocycles. The largest absolute Gasteiger partial charge is 0.502 e. The molecule has 0 saturated heterocycles. The van der Waals surface area contributed by atoms with E-state index in [9.17, 15) is 25.2 Å². The Balaban J connectivity index is 1.14. The van der Waals surface area contributed by atoms with Gasteiger partial charge in [-0.1, -0.05) is 50.1 Å². The highest BCUT2D eigenvalue weighted by Crippen LogP contribution is 2.58. The number of ether oxygens (including phenoxy) is 5. The maximum atomic E-state index is 12.4. The lowest BCUT2D eigenvalue weighted by Gasteiger charge is -2.49. The number of methoxy groups -OCH3 is 2. The Hall–Kier alpha value is -5.01. The molecule has 4 aromatic carbocycles. The van der Waals surface area contributed by atoms with Gasteiger partial charge >= 0.3 is 0 Å². The van der Waals surface area contributed by atoms with Crippen LogP contribution in [0.25, 0.3) is 11.1 Å². The molecule has 308 valence electrons. The van der Waals surface area contributed by atoms with Crippen LogP contribution in [0.1, 0.15) is 90.7 Å².